The Bertz CT molecular complexity index is 1450. The minimum absolute atomic E-state index is 0.0599. The van der Waals surface area contributed by atoms with Crippen molar-refractivity contribution in [3.63, 3.8) is 0 Å². The van der Waals surface area contributed by atoms with E-state index in [0.29, 0.717) is 5.69 Å². The molecule has 0 unspecified atom stereocenters. The van der Waals surface area contributed by atoms with E-state index in [0.717, 1.165) is 16.6 Å². The topological polar surface area (TPSA) is 122 Å². The van der Waals surface area contributed by atoms with E-state index in [1.165, 1.54) is 35.2 Å². The van der Waals surface area contributed by atoms with Crippen LogP contribution in [0.2, 0.25) is 5.02 Å². The number of nitrogens with zero attached hydrogens (tertiary/aromatic N) is 3. The fourth-order valence-electron chi connectivity index (χ4n) is 3.52. The van der Waals surface area contributed by atoms with Crippen molar-refractivity contribution >= 4 is 61.9 Å². The van der Waals surface area contributed by atoms with Gasteiger partial charge < -0.3 is 10.6 Å². The Balaban J connectivity index is 1.88. The number of rotatable bonds is 5. The number of hydrazone groups is 1. The molecule has 0 radical (unpaired) electrons. The molecule has 1 amide bonds. The van der Waals surface area contributed by atoms with Gasteiger partial charge in [-0.25, -0.2) is 23.0 Å². The van der Waals surface area contributed by atoms with Crippen molar-refractivity contribution in [2.24, 2.45) is 16.0 Å². The van der Waals surface area contributed by atoms with Gasteiger partial charge in [-0.15, -0.1) is 0 Å². The number of thiocarbonyl (C=S) groups is 1. The van der Waals surface area contributed by atoms with Crippen LogP contribution in [-0.4, -0.2) is 25.1 Å². The number of carbonyl (C=O) groups is 1. The molecule has 4 rings (SSSR count). The van der Waals surface area contributed by atoms with Crippen LogP contribution in [0.4, 0.5) is 15.8 Å². The molecule has 0 atom stereocenters. The third-order valence-corrected chi connectivity index (χ3v) is 6.45. The van der Waals surface area contributed by atoms with Crippen LogP contribution < -0.4 is 20.8 Å². The van der Waals surface area contributed by atoms with E-state index in [4.69, 9.17) is 34.7 Å². The molecule has 174 valence electrons. The lowest BCUT2D eigenvalue weighted by Gasteiger charge is -2.20. The summed E-state index contributed by atoms with van der Waals surface area (Å²) in [5.41, 5.74) is 6.87. The lowest BCUT2D eigenvalue weighted by Crippen LogP contribution is -2.36. The first kappa shape index (κ1) is 23.8. The molecule has 34 heavy (non-hydrogen) atoms. The zero-order chi connectivity index (χ0) is 24.6. The number of sulfonamides is 1. The average molecular weight is 518 g/mol. The number of hydrogen-bond acceptors (Lipinski definition) is 5. The van der Waals surface area contributed by atoms with Gasteiger partial charge in [-0.3, -0.25) is 4.79 Å². The SMILES string of the molecule is NC(=S)N(/N=C1\C(=O)N(Cc2ccccc2)c2cc(Cl)c(F)cc21)c1ccccc1S(N)(=O)=O. The number of anilines is 2. The Hall–Kier alpha value is -3.38. The number of benzene rings is 3. The predicted molar refractivity (Wildman–Crippen MR) is 133 cm³/mol. The number of para-hydroxylation sites is 1. The van der Waals surface area contributed by atoms with Gasteiger partial charge in [0.2, 0.25) is 10.0 Å². The van der Waals surface area contributed by atoms with Gasteiger partial charge in [-0.05, 0) is 42.0 Å². The fourth-order valence-corrected chi connectivity index (χ4v) is 4.53. The van der Waals surface area contributed by atoms with Crippen molar-refractivity contribution < 1.29 is 17.6 Å². The molecule has 0 spiro atoms. The smallest absolute Gasteiger partial charge is 0.279 e. The van der Waals surface area contributed by atoms with E-state index < -0.39 is 21.7 Å². The molecule has 1 aliphatic rings. The van der Waals surface area contributed by atoms with Gasteiger partial charge in [-0.2, -0.15) is 5.10 Å². The van der Waals surface area contributed by atoms with Crippen LogP contribution in [-0.2, 0) is 21.4 Å². The third-order valence-electron chi connectivity index (χ3n) is 5.02. The summed E-state index contributed by atoms with van der Waals surface area (Å²) in [6.07, 6.45) is 0. The van der Waals surface area contributed by atoms with E-state index in [1.807, 2.05) is 30.3 Å². The summed E-state index contributed by atoms with van der Waals surface area (Å²) in [5.74, 6) is -1.33. The minimum Gasteiger partial charge on any atom is -0.374 e. The van der Waals surface area contributed by atoms with Gasteiger partial charge in [0.05, 0.1) is 22.9 Å². The number of primary sulfonamides is 1. The van der Waals surface area contributed by atoms with Crippen LogP contribution in [0.5, 0.6) is 0 Å². The normalized spacial score (nSPS) is 14.4. The quantitative estimate of drug-likeness (QED) is 0.396. The maximum absolute atomic E-state index is 14.4. The van der Waals surface area contributed by atoms with Crippen molar-refractivity contribution in [2.75, 3.05) is 9.91 Å². The van der Waals surface area contributed by atoms with E-state index in [9.17, 15) is 17.6 Å². The second kappa shape index (κ2) is 9.11. The molecule has 0 aromatic heterocycles. The van der Waals surface area contributed by atoms with Gasteiger partial charge >= 0.3 is 0 Å². The largest absolute Gasteiger partial charge is 0.374 e. The zero-order valence-corrected chi connectivity index (χ0v) is 19.7. The lowest BCUT2D eigenvalue weighted by atomic mass is 10.1. The molecule has 1 heterocycles. The predicted octanol–water partition coefficient (Wildman–Crippen LogP) is 3.13. The summed E-state index contributed by atoms with van der Waals surface area (Å²) in [4.78, 5) is 14.5. The molecule has 8 nitrogen and oxygen atoms in total. The third kappa shape index (κ3) is 4.50. The highest BCUT2D eigenvalue weighted by molar-refractivity contribution is 7.89. The number of hydrogen-bond donors (Lipinski definition) is 2. The number of halogens is 2. The van der Waals surface area contributed by atoms with Crippen molar-refractivity contribution in [1.82, 2.24) is 0 Å². The van der Waals surface area contributed by atoms with E-state index in [-0.39, 0.29) is 38.5 Å². The Morgan fingerprint density at radius 1 is 1.12 bits per heavy atom. The van der Waals surface area contributed by atoms with Crippen molar-refractivity contribution in [1.29, 1.82) is 0 Å². The molecule has 3 aromatic rings. The highest BCUT2D eigenvalue weighted by Crippen LogP contribution is 2.36. The standard InChI is InChI=1S/C22H17ClFN5O3S2/c23-15-11-18-14(10-16(15)24)20(21(30)28(18)12-13-6-2-1-3-7-13)27-29(22(25)33)17-8-4-5-9-19(17)34(26,31)32/h1-11H,12H2,(H2,25,33)(H2,26,31,32)/b27-20-. The van der Waals surface area contributed by atoms with Gasteiger partial charge in [-0.1, -0.05) is 54.1 Å². The van der Waals surface area contributed by atoms with Crippen LogP contribution in [0, 0.1) is 5.82 Å². The summed E-state index contributed by atoms with van der Waals surface area (Å²) in [6, 6.07) is 17.2. The van der Waals surface area contributed by atoms with Gasteiger partial charge in [0.25, 0.3) is 5.91 Å². The van der Waals surface area contributed by atoms with Crippen LogP contribution in [0.1, 0.15) is 11.1 Å². The first-order chi connectivity index (χ1) is 16.1. The molecule has 3 aromatic carbocycles. The molecule has 12 heteroatoms. The summed E-state index contributed by atoms with van der Waals surface area (Å²) in [5, 5.41) is 9.98. The first-order valence-electron chi connectivity index (χ1n) is 9.73. The summed E-state index contributed by atoms with van der Waals surface area (Å²) in [6.45, 7) is 0.161. The van der Waals surface area contributed by atoms with Crippen molar-refractivity contribution in [3.8, 4) is 0 Å². The maximum Gasteiger partial charge on any atom is 0.279 e. The van der Waals surface area contributed by atoms with E-state index in [1.54, 1.807) is 0 Å². The maximum atomic E-state index is 14.4. The molecule has 4 N–H and O–H groups in total. The Labute approximate surface area is 205 Å². The van der Waals surface area contributed by atoms with E-state index in [2.05, 4.69) is 5.10 Å². The summed E-state index contributed by atoms with van der Waals surface area (Å²) >= 11 is 11.1. The molecule has 0 saturated carbocycles. The first-order valence-corrected chi connectivity index (χ1v) is 12.1. The van der Waals surface area contributed by atoms with Gasteiger partial charge in [0.15, 0.2) is 10.8 Å². The highest BCUT2D eigenvalue weighted by atomic mass is 35.5. The van der Waals surface area contributed by atoms with Crippen LogP contribution in [0.15, 0.2) is 76.7 Å². The van der Waals surface area contributed by atoms with Crippen molar-refractivity contribution in [2.45, 2.75) is 11.4 Å². The van der Waals surface area contributed by atoms with Crippen LogP contribution >= 0.6 is 23.8 Å². The second-order valence-corrected chi connectivity index (χ2v) is 9.63. The Kier molecular flexibility index (Phi) is 6.36. The van der Waals surface area contributed by atoms with Gasteiger partial charge in [0, 0.05) is 5.56 Å². The second-order valence-electron chi connectivity index (χ2n) is 7.27. The molecule has 0 fully saturated rings. The number of nitrogens with two attached hydrogens (primary N) is 2. The monoisotopic (exact) mass is 517 g/mol. The number of carbonyl (C=O) groups excluding carboxylic acids is 1. The fraction of sp³-hybridized carbons (Fsp3) is 0.0455. The van der Waals surface area contributed by atoms with Crippen LogP contribution in [0.3, 0.4) is 0 Å². The summed E-state index contributed by atoms with van der Waals surface area (Å²) in [7, 11) is -4.18. The summed E-state index contributed by atoms with van der Waals surface area (Å²) < 4.78 is 38.6. The molecule has 0 aliphatic carbocycles. The molecular weight excluding hydrogens is 501 g/mol. The Morgan fingerprint density at radius 3 is 2.41 bits per heavy atom. The van der Waals surface area contributed by atoms with E-state index >= 15 is 0 Å². The van der Waals surface area contributed by atoms with Crippen molar-refractivity contribution in [3.05, 3.63) is 88.7 Å². The molecule has 0 saturated heterocycles. The molecule has 1 aliphatic heterocycles. The molecule has 0 bridgehead atoms. The lowest BCUT2D eigenvalue weighted by molar-refractivity contribution is -0.112. The highest BCUT2D eigenvalue weighted by Gasteiger charge is 2.36. The molecular formula is C22H17ClFN5O3S2. The minimum atomic E-state index is -4.18. The number of fused-ring (bicyclic) bond motifs is 1. The average Bonchev–Trinajstić information content (AvgIpc) is 3.02. The zero-order valence-electron chi connectivity index (χ0n) is 17.4. The number of amides is 1. The Morgan fingerprint density at radius 2 is 1.76 bits per heavy atom. The van der Waals surface area contributed by atoms with Crippen LogP contribution in [0.25, 0.3) is 0 Å². The van der Waals surface area contributed by atoms with Gasteiger partial charge in [0.1, 0.15) is 10.7 Å².